The standard InChI is InChI=1S/C15H16N2S/c1-11(12-5-4-8-16-9-12)17-14-10-18-15-7-3-2-6-13(14)15/h2-9,11,14,17H,10H2,1H3. The number of nitrogens with one attached hydrogen (secondary N) is 1. The van der Waals surface area contributed by atoms with E-state index < -0.39 is 0 Å². The number of benzene rings is 1. The van der Waals surface area contributed by atoms with Crippen molar-refractivity contribution in [1.82, 2.24) is 10.3 Å². The van der Waals surface area contributed by atoms with Crippen molar-refractivity contribution in [1.29, 1.82) is 0 Å². The number of thioether (sulfide) groups is 1. The van der Waals surface area contributed by atoms with Crippen LogP contribution in [-0.2, 0) is 0 Å². The molecule has 1 aliphatic heterocycles. The SMILES string of the molecule is CC(NC1CSc2ccccc21)c1cccnc1. The summed E-state index contributed by atoms with van der Waals surface area (Å²) in [5.41, 5.74) is 2.67. The van der Waals surface area contributed by atoms with Crippen LogP contribution in [-0.4, -0.2) is 10.7 Å². The molecule has 0 amide bonds. The third-order valence-corrected chi connectivity index (χ3v) is 4.52. The van der Waals surface area contributed by atoms with Crippen LogP contribution in [0, 0.1) is 0 Å². The van der Waals surface area contributed by atoms with E-state index in [1.54, 1.807) is 0 Å². The van der Waals surface area contributed by atoms with Gasteiger partial charge in [-0.1, -0.05) is 24.3 Å². The molecule has 1 N–H and O–H groups in total. The highest BCUT2D eigenvalue weighted by molar-refractivity contribution is 7.99. The minimum atomic E-state index is 0.329. The zero-order chi connectivity index (χ0) is 12.4. The number of hydrogen-bond donors (Lipinski definition) is 1. The molecule has 92 valence electrons. The summed E-state index contributed by atoms with van der Waals surface area (Å²) in [6, 6.07) is 13.5. The molecule has 0 bridgehead atoms. The maximum Gasteiger partial charge on any atom is 0.0431 e. The first-order valence-corrected chi connectivity index (χ1v) is 7.21. The van der Waals surface area contributed by atoms with Crippen LogP contribution in [0.3, 0.4) is 0 Å². The Balaban J connectivity index is 1.75. The van der Waals surface area contributed by atoms with E-state index in [1.807, 2.05) is 30.2 Å². The molecule has 2 nitrogen and oxygen atoms in total. The number of rotatable bonds is 3. The molecule has 2 heterocycles. The molecule has 0 radical (unpaired) electrons. The molecule has 0 saturated heterocycles. The van der Waals surface area contributed by atoms with Gasteiger partial charge in [0.15, 0.2) is 0 Å². The minimum Gasteiger partial charge on any atom is -0.302 e. The highest BCUT2D eigenvalue weighted by atomic mass is 32.2. The second-order valence-electron chi connectivity index (χ2n) is 4.58. The average Bonchev–Trinajstić information content (AvgIpc) is 2.83. The molecular weight excluding hydrogens is 240 g/mol. The highest BCUT2D eigenvalue weighted by Crippen LogP contribution is 2.38. The molecule has 18 heavy (non-hydrogen) atoms. The summed E-state index contributed by atoms with van der Waals surface area (Å²) < 4.78 is 0. The number of aromatic nitrogens is 1. The fourth-order valence-corrected chi connectivity index (χ4v) is 3.50. The summed E-state index contributed by atoms with van der Waals surface area (Å²) in [7, 11) is 0. The lowest BCUT2D eigenvalue weighted by Crippen LogP contribution is -2.24. The molecule has 0 saturated carbocycles. The summed E-state index contributed by atoms with van der Waals surface area (Å²) >= 11 is 1.94. The topological polar surface area (TPSA) is 24.9 Å². The Labute approximate surface area is 112 Å². The van der Waals surface area contributed by atoms with Gasteiger partial charge in [-0.25, -0.2) is 0 Å². The quantitative estimate of drug-likeness (QED) is 0.908. The lowest BCUT2D eigenvalue weighted by molar-refractivity contribution is 0.500. The van der Waals surface area contributed by atoms with Crippen molar-refractivity contribution in [3.05, 3.63) is 59.9 Å². The normalized spacial score (nSPS) is 19.5. The smallest absolute Gasteiger partial charge is 0.0431 e. The summed E-state index contributed by atoms with van der Waals surface area (Å²) in [5.74, 6) is 1.12. The maximum atomic E-state index is 4.18. The molecule has 3 heteroatoms. The van der Waals surface area contributed by atoms with Gasteiger partial charge >= 0.3 is 0 Å². The van der Waals surface area contributed by atoms with Crippen LogP contribution >= 0.6 is 11.8 Å². The third kappa shape index (κ3) is 2.28. The second-order valence-corrected chi connectivity index (χ2v) is 5.64. The molecule has 0 spiro atoms. The fraction of sp³-hybridized carbons (Fsp3) is 0.267. The van der Waals surface area contributed by atoms with Gasteiger partial charge in [0, 0.05) is 35.1 Å². The van der Waals surface area contributed by atoms with Crippen LogP contribution in [0.5, 0.6) is 0 Å². The monoisotopic (exact) mass is 256 g/mol. The molecule has 2 aromatic rings. The molecule has 1 aromatic heterocycles. The van der Waals surface area contributed by atoms with Crippen molar-refractivity contribution in [3.63, 3.8) is 0 Å². The largest absolute Gasteiger partial charge is 0.302 e. The minimum absolute atomic E-state index is 0.329. The maximum absolute atomic E-state index is 4.18. The van der Waals surface area contributed by atoms with Gasteiger partial charge < -0.3 is 5.32 Å². The van der Waals surface area contributed by atoms with Crippen molar-refractivity contribution >= 4 is 11.8 Å². The van der Waals surface area contributed by atoms with E-state index in [9.17, 15) is 0 Å². The molecule has 3 rings (SSSR count). The van der Waals surface area contributed by atoms with Crippen LogP contribution in [0.2, 0.25) is 0 Å². The Bertz CT molecular complexity index is 527. The lowest BCUT2D eigenvalue weighted by atomic mass is 10.1. The van der Waals surface area contributed by atoms with Crippen LogP contribution in [0.25, 0.3) is 0 Å². The number of hydrogen-bond acceptors (Lipinski definition) is 3. The van der Waals surface area contributed by atoms with Crippen LogP contribution in [0.4, 0.5) is 0 Å². The zero-order valence-electron chi connectivity index (χ0n) is 10.3. The zero-order valence-corrected chi connectivity index (χ0v) is 11.2. The van der Waals surface area contributed by atoms with Gasteiger partial charge in [0.05, 0.1) is 0 Å². The summed E-state index contributed by atoms with van der Waals surface area (Å²) in [5, 5.41) is 3.69. The fourth-order valence-electron chi connectivity index (χ4n) is 2.33. The molecule has 0 aliphatic carbocycles. The summed E-state index contributed by atoms with van der Waals surface area (Å²) in [6.07, 6.45) is 3.75. The van der Waals surface area contributed by atoms with Crippen molar-refractivity contribution in [2.24, 2.45) is 0 Å². The molecule has 0 fully saturated rings. The van der Waals surface area contributed by atoms with Crippen molar-refractivity contribution in [3.8, 4) is 0 Å². The van der Waals surface area contributed by atoms with E-state index >= 15 is 0 Å². The van der Waals surface area contributed by atoms with Crippen molar-refractivity contribution in [2.75, 3.05) is 5.75 Å². The van der Waals surface area contributed by atoms with Gasteiger partial charge in [-0.15, -0.1) is 11.8 Å². The lowest BCUT2D eigenvalue weighted by Gasteiger charge is -2.19. The molecular formula is C15H16N2S. The Morgan fingerprint density at radius 2 is 2.17 bits per heavy atom. The van der Waals surface area contributed by atoms with E-state index in [-0.39, 0.29) is 0 Å². The number of fused-ring (bicyclic) bond motifs is 1. The highest BCUT2D eigenvalue weighted by Gasteiger charge is 2.23. The van der Waals surface area contributed by atoms with Gasteiger partial charge in [-0.3, -0.25) is 4.98 Å². The molecule has 2 atom stereocenters. The third-order valence-electron chi connectivity index (χ3n) is 3.34. The number of pyridine rings is 1. The Morgan fingerprint density at radius 3 is 3.00 bits per heavy atom. The van der Waals surface area contributed by atoms with E-state index in [0.29, 0.717) is 12.1 Å². The van der Waals surface area contributed by atoms with E-state index in [2.05, 4.69) is 47.6 Å². The van der Waals surface area contributed by atoms with Crippen LogP contribution in [0.1, 0.15) is 30.1 Å². The van der Waals surface area contributed by atoms with E-state index in [0.717, 1.165) is 5.75 Å². The van der Waals surface area contributed by atoms with Gasteiger partial charge in [-0.2, -0.15) is 0 Å². The number of nitrogens with zero attached hydrogens (tertiary/aromatic N) is 1. The van der Waals surface area contributed by atoms with E-state index in [4.69, 9.17) is 0 Å². The second kappa shape index (κ2) is 5.12. The van der Waals surface area contributed by atoms with Crippen LogP contribution < -0.4 is 5.32 Å². The van der Waals surface area contributed by atoms with Gasteiger partial charge in [0.1, 0.15) is 0 Å². The Kier molecular flexibility index (Phi) is 3.35. The van der Waals surface area contributed by atoms with Crippen molar-refractivity contribution < 1.29 is 0 Å². The molecule has 1 aromatic carbocycles. The predicted molar refractivity (Wildman–Crippen MR) is 75.7 cm³/mol. The van der Waals surface area contributed by atoms with Crippen molar-refractivity contribution in [2.45, 2.75) is 23.9 Å². The molecule has 1 aliphatic rings. The van der Waals surface area contributed by atoms with E-state index in [1.165, 1.54) is 16.0 Å². The van der Waals surface area contributed by atoms with Gasteiger partial charge in [0.2, 0.25) is 0 Å². The molecule has 2 unspecified atom stereocenters. The Morgan fingerprint density at radius 1 is 1.28 bits per heavy atom. The van der Waals surface area contributed by atoms with Gasteiger partial charge in [-0.05, 0) is 30.2 Å². The first-order chi connectivity index (χ1) is 8.84. The summed E-state index contributed by atoms with van der Waals surface area (Å²) in [6.45, 7) is 2.20. The Hall–Kier alpha value is -1.32. The summed E-state index contributed by atoms with van der Waals surface area (Å²) in [4.78, 5) is 5.59. The first kappa shape index (κ1) is 11.8. The predicted octanol–water partition coefficient (Wildman–Crippen LogP) is 3.58. The van der Waals surface area contributed by atoms with Gasteiger partial charge in [0.25, 0.3) is 0 Å². The first-order valence-electron chi connectivity index (χ1n) is 6.22. The van der Waals surface area contributed by atoms with Crippen LogP contribution in [0.15, 0.2) is 53.7 Å². The average molecular weight is 256 g/mol.